The van der Waals surface area contributed by atoms with E-state index in [2.05, 4.69) is 0 Å². The van der Waals surface area contributed by atoms with Crippen LogP contribution in [0.15, 0.2) is 23.1 Å². The number of nitrogens with zero attached hydrogens (tertiary/aromatic N) is 1. The maximum atomic E-state index is 13.4. The molecule has 0 radical (unpaired) electrons. The molecule has 3 rings (SSSR count). The van der Waals surface area contributed by atoms with Crippen molar-refractivity contribution in [3.8, 4) is 0 Å². The molecule has 1 aliphatic heterocycles. The molecule has 1 aromatic carbocycles. The van der Waals surface area contributed by atoms with E-state index in [1.165, 1.54) is 18.2 Å². The first-order valence-corrected chi connectivity index (χ1v) is 8.84. The number of fused-ring (bicyclic) bond motifs is 1. The Balaban J connectivity index is 1.94. The van der Waals surface area contributed by atoms with Gasteiger partial charge in [0.15, 0.2) is 0 Å². The Hall–Kier alpha value is -0.980. The fourth-order valence-electron chi connectivity index (χ4n) is 3.27. The van der Waals surface area contributed by atoms with Crippen molar-refractivity contribution in [3.63, 3.8) is 0 Å². The molecule has 0 N–H and O–H groups in total. The maximum Gasteiger partial charge on any atom is 0.243 e. The topological polar surface area (TPSA) is 46.6 Å². The lowest BCUT2D eigenvalue weighted by Gasteiger charge is -2.42. The summed E-state index contributed by atoms with van der Waals surface area (Å²) in [6.07, 6.45) is 3.87. The van der Waals surface area contributed by atoms with E-state index in [9.17, 15) is 12.8 Å². The Bertz CT molecular complexity index is 630. The molecule has 4 nitrogen and oxygen atoms in total. The molecule has 1 heterocycles. The van der Waals surface area contributed by atoms with Crippen molar-refractivity contribution in [2.75, 3.05) is 13.2 Å². The van der Waals surface area contributed by atoms with Crippen LogP contribution in [0.2, 0.25) is 0 Å². The summed E-state index contributed by atoms with van der Waals surface area (Å²) < 4.78 is 46.4. The van der Waals surface area contributed by atoms with Crippen LogP contribution in [0, 0.1) is 12.7 Å². The first-order chi connectivity index (χ1) is 10.00. The van der Waals surface area contributed by atoms with Crippen molar-refractivity contribution in [2.45, 2.75) is 49.6 Å². The van der Waals surface area contributed by atoms with E-state index in [1.807, 2.05) is 0 Å². The maximum absolute atomic E-state index is 13.4. The molecule has 0 spiro atoms. The van der Waals surface area contributed by atoms with Gasteiger partial charge < -0.3 is 4.74 Å². The summed E-state index contributed by atoms with van der Waals surface area (Å²) in [7, 11) is -3.59. The van der Waals surface area contributed by atoms with Crippen LogP contribution in [-0.4, -0.2) is 38.0 Å². The molecule has 6 heteroatoms. The summed E-state index contributed by atoms with van der Waals surface area (Å²) in [6.45, 7) is 2.39. The lowest BCUT2D eigenvalue weighted by Crippen LogP contribution is -2.54. The number of ether oxygens (including phenoxy) is 1. The third-order valence-corrected chi connectivity index (χ3v) is 6.34. The molecule has 0 bridgehead atoms. The van der Waals surface area contributed by atoms with Gasteiger partial charge in [-0.3, -0.25) is 0 Å². The fraction of sp³-hybridized carbons (Fsp3) is 0.600. The number of halogens is 1. The normalized spacial score (nSPS) is 27.3. The molecule has 0 aromatic heterocycles. The molecule has 1 aliphatic carbocycles. The number of hydrogen-bond donors (Lipinski definition) is 0. The Kier molecular flexibility index (Phi) is 4.03. The third-order valence-electron chi connectivity index (χ3n) is 4.42. The van der Waals surface area contributed by atoms with Crippen molar-refractivity contribution >= 4 is 10.0 Å². The number of benzene rings is 1. The molecule has 2 fully saturated rings. The van der Waals surface area contributed by atoms with Gasteiger partial charge in [-0.2, -0.15) is 4.31 Å². The van der Waals surface area contributed by atoms with Crippen LogP contribution in [0.5, 0.6) is 0 Å². The van der Waals surface area contributed by atoms with E-state index < -0.39 is 10.0 Å². The quantitative estimate of drug-likeness (QED) is 0.842. The highest BCUT2D eigenvalue weighted by molar-refractivity contribution is 7.89. The second-order valence-corrected chi connectivity index (χ2v) is 7.68. The molecule has 2 aliphatic rings. The SMILES string of the molecule is Cc1cc(S(=O)(=O)N2CCO[C@H]3CCCC[C@@H]32)ccc1F. The summed E-state index contributed by atoms with van der Waals surface area (Å²) in [4.78, 5) is 0.174. The summed E-state index contributed by atoms with van der Waals surface area (Å²) in [5.41, 5.74) is 0.351. The molecule has 21 heavy (non-hydrogen) atoms. The molecular formula is C15H20FNO3S. The van der Waals surface area contributed by atoms with E-state index in [-0.39, 0.29) is 22.9 Å². The first kappa shape index (κ1) is 14.9. The number of hydrogen-bond acceptors (Lipinski definition) is 3. The van der Waals surface area contributed by atoms with Gasteiger partial charge >= 0.3 is 0 Å². The zero-order valence-corrected chi connectivity index (χ0v) is 12.9. The van der Waals surface area contributed by atoms with Crippen molar-refractivity contribution in [2.24, 2.45) is 0 Å². The van der Waals surface area contributed by atoms with Crippen LogP contribution in [0.25, 0.3) is 0 Å². The molecule has 1 saturated heterocycles. The second kappa shape index (κ2) is 5.66. The number of morpholine rings is 1. The smallest absolute Gasteiger partial charge is 0.243 e. The molecule has 116 valence electrons. The Morgan fingerprint density at radius 2 is 2.05 bits per heavy atom. The van der Waals surface area contributed by atoms with Crippen LogP contribution < -0.4 is 0 Å². The summed E-state index contributed by atoms with van der Waals surface area (Å²) in [5, 5.41) is 0. The summed E-state index contributed by atoms with van der Waals surface area (Å²) in [6, 6.07) is 3.91. The minimum absolute atomic E-state index is 0.00354. The number of rotatable bonds is 2. The average molecular weight is 313 g/mol. The largest absolute Gasteiger partial charge is 0.375 e. The molecule has 0 unspecified atom stereocenters. The van der Waals surface area contributed by atoms with Gasteiger partial charge in [0, 0.05) is 6.54 Å². The van der Waals surface area contributed by atoms with Crippen molar-refractivity contribution < 1.29 is 17.5 Å². The highest BCUT2D eigenvalue weighted by atomic mass is 32.2. The van der Waals surface area contributed by atoms with Gasteiger partial charge in [0.2, 0.25) is 10.0 Å². The lowest BCUT2D eigenvalue weighted by atomic mass is 9.91. The van der Waals surface area contributed by atoms with Crippen molar-refractivity contribution in [1.29, 1.82) is 0 Å². The fourth-order valence-corrected chi connectivity index (χ4v) is 5.02. The molecular weight excluding hydrogens is 293 g/mol. The number of aryl methyl sites for hydroxylation is 1. The Morgan fingerprint density at radius 1 is 1.29 bits per heavy atom. The average Bonchev–Trinajstić information content (AvgIpc) is 2.49. The highest BCUT2D eigenvalue weighted by Gasteiger charge is 2.40. The van der Waals surface area contributed by atoms with Gasteiger partial charge in [-0.25, -0.2) is 12.8 Å². The standard InChI is InChI=1S/C15H20FNO3S/c1-11-10-12(6-7-13(11)16)21(18,19)17-8-9-20-15-5-3-2-4-14(15)17/h6-7,10,14-15H,2-5,8-9H2,1H3/t14-,15-/m0/s1. The van der Waals surface area contributed by atoms with Crippen LogP contribution in [-0.2, 0) is 14.8 Å². The van der Waals surface area contributed by atoms with Crippen molar-refractivity contribution in [3.05, 3.63) is 29.6 Å². The van der Waals surface area contributed by atoms with Crippen LogP contribution >= 0.6 is 0 Å². The van der Waals surface area contributed by atoms with Gasteiger partial charge in [0.05, 0.1) is 23.6 Å². The van der Waals surface area contributed by atoms with Gasteiger partial charge in [-0.05, 0) is 43.5 Å². The minimum atomic E-state index is -3.59. The highest BCUT2D eigenvalue weighted by Crippen LogP contribution is 2.32. The molecule has 1 saturated carbocycles. The van der Waals surface area contributed by atoms with Crippen LogP contribution in [0.1, 0.15) is 31.2 Å². The first-order valence-electron chi connectivity index (χ1n) is 7.40. The molecule has 1 aromatic rings. The molecule has 2 atom stereocenters. The van der Waals surface area contributed by atoms with Gasteiger partial charge in [-0.15, -0.1) is 0 Å². The monoisotopic (exact) mass is 313 g/mol. The zero-order valence-electron chi connectivity index (χ0n) is 12.1. The summed E-state index contributed by atoms with van der Waals surface area (Å²) >= 11 is 0. The summed E-state index contributed by atoms with van der Waals surface area (Å²) in [5.74, 6) is -0.383. The predicted molar refractivity (Wildman–Crippen MR) is 77.0 cm³/mol. The van der Waals surface area contributed by atoms with E-state index in [4.69, 9.17) is 4.74 Å². The van der Waals surface area contributed by atoms with Crippen LogP contribution in [0.4, 0.5) is 4.39 Å². The second-order valence-electron chi connectivity index (χ2n) is 5.79. The van der Waals surface area contributed by atoms with E-state index in [0.29, 0.717) is 18.7 Å². The third kappa shape index (κ3) is 2.72. The molecule has 0 amide bonds. The minimum Gasteiger partial charge on any atom is -0.375 e. The van der Waals surface area contributed by atoms with Gasteiger partial charge in [0.25, 0.3) is 0 Å². The van der Waals surface area contributed by atoms with Gasteiger partial charge in [0.1, 0.15) is 5.82 Å². The Labute approximate surface area is 125 Å². The number of sulfonamides is 1. The lowest BCUT2D eigenvalue weighted by molar-refractivity contribution is -0.0586. The van der Waals surface area contributed by atoms with E-state index >= 15 is 0 Å². The van der Waals surface area contributed by atoms with Crippen LogP contribution in [0.3, 0.4) is 0 Å². The van der Waals surface area contributed by atoms with Gasteiger partial charge in [-0.1, -0.05) is 12.8 Å². The predicted octanol–water partition coefficient (Wildman–Crippen LogP) is 2.47. The van der Waals surface area contributed by atoms with Crippen molar-refractivity contribution in [1.82, 2.24) is 4.31 Å². The Morgan fingerprint density at radius 3 is 2.81 bits per heavy atom. The van der Waals surface area contributed by atoms with E-state index in [1.54, 1.807) is 11.2 Å². The zero-order chi connectivity index (χ0) is 15.0. The van der Waals surface area contributed by atoms with E-state index in [0.717, 1.165) is 25.7 Å².